The second-order valence-electron chi connectivity index (χ2n) is 12.7. The van der Waals surface area contributed by atoms with E-state index < -0.39 is 86.9 Å². The van der Waals surface area contributed by atoms with Crippen molar-refractivity contribution in [3.8, 4) is 17.2 Å². The van der Waals surface area contributed by atoms with Gasteiger partial charge in [0, 0.05) is 42.0 Å². The summed E-state index contributed by atoms with van der Waals surface area (Å²) in [5.74, 6) is -2.75. The van der Waals surface area contributed by atoms with Gasteiger partial charge in [-0.05, 0) is 39.0 Å². The van der Waals surface area contributed by atoms with Gasteiger partial charge in [-0.3, -0.25) is 9.59 Å². The van der Waals surface area contributed by atoms with Gasteiger partial charge in [0.2, 0.25) is 5.78 Å². The number of aryl methyl sites for hydroxylation is 1. The fourth-order valence-electron chi connectivity index (χ4n) is 6.67. The number of nitrogens with one attached hydrogen (secondary N) is 1. The Labute approximate surface area is 294 Å². The van der Waals surface area contributed by atoms with Gasteiger partial charge >= 0.3 is 0 Å². The number of phenols is 2. The molecular formula is C34H38ClN3O11S. The monoisotopic (exact) mass is 731 g/mol. The predicted octanol–water partition coefficient (Wildman–Crippen LogP) is 2.52. The van der Waals surface area contributed by atoms with Gasteiger partial charge in [0.15, 0.2) is 12.1 Å². The molecule has 0 radical (unpaired) electrons. The molecule has 2 aliphatic carbocycles. The number of carbonyl (C=O) groups excluding carboxylic acids is 2. The summed E-state index contributed by atoms with van der Waals surface area (Å²) in [5.41, 5.74) is 3.57. The van der Waals surface area contributed by atoms with Gasteiger partial charge in [0.05, 0.1) is 52.7 Å². The number of methoxy groups -OCH3 is 1. The number of aliphatic hydroxyl groups excluding tert-OH is 1. The number of phenolic OH excluding ortho intramolecular Hbond substituents is 2. The first-order valence-corrected chi connectivity index (χ1v) is 17.0. The van der Waals surface area contributed by atoms with E-state index in [1.165, 1.54) is 44.4 Å². The molecule has 6 atom stereocenters. The van der Waals surface area contributed by atoms with Crippen LogP contribution in [0, 0.1) is 6.92 Å². The first-order chi connectivity index (χ1) is 23.1. The lowest BCUT2D eigenvalue weighted by Gasteiger charge is -2.42. The molecular weight excluding hydrogens is 694 g/mol. The topological polar surface area (TPSA) is 227 Å². The van der Waals surface area contributed by atoms with Gasteiger partial charge in [-0.2, -0.15) is 13.5 Å². The van der Waals surface area contributed by atoms with E-state index in [0.717, 1.165) is 5.56 Å². The smallest absolute Gasteiger partial charge is 0.276 e. The zero-order valence-electron chi connectivity index (χ0n) is 27.5. The van der Waals surface area contributed by atoms with Crippen molar-refractivity contribution in [3.05, 3.63) is 81.4 Å². The maximum absolute atomic E-state index is 13.9. The molecule has 3 aromatic rings. The normalized spacial score (nSPS) is 26.3. The number of carbonyl (C=O) groups is 2. The molecule has 16 heteroatoms. The van der Waals surface area contributed by atoms with Gasteiger partial charge in [-0.25, -0.2) is 4.83 Å². The Morgan fingerprint density at radius 2 is 1.72 bits per heavy atom. The predicted molar refractivity (Wildman–Crippen MR) is 182 cm³/mol. The molecule has 1 fully saturated rings. The summed E-state index contributed by atoms with van der Waals surface area (Å²) in [5, 5.41) is 49.9. The molecule has 0 spiro atoms. The molecule has 6 unspecified atom stereocenters. The van der Waals surface area contributed by atoms with Crippen LogP contribution in [0.2, 0.25) is 0 Å². The van der Waals surface area contributed by atoms with Crippen molar-refractivity contribution in [2.24, 2.45) is 10.8 Å². The van der Waals surface area contributed by atoms with E-state index in [0.29, 0.717) is 0 Å². The number of sulfonamides is 1. The molecule has 3 aliphatic rings. The molecule has 14 nitrogen and oxygen atoms in total. The molecule has 1 heterocycles. The highest BCUT2D eigenvalue weighted by Crippen LogP contribution is 2.52. The molecule has 1 saturated heterocycles. The van der Waals surface area contributed by atoms with Crippen LogP contribution in [0.15, 0.2) is 52.5 Å². The van der Waals surface area contributed by atoms with Crippen LogP contribution in [-0.2, 0) is 25.9 Å². The van der Waals surface area contributed by atoms with Gasteiger partial charge in [0.25, 0.3) is 10.0 Å². The lowest BCUT2D eigenvalue weighted by Crippen LogP contribution is -2.52. The Morgan fingerprint density at radius 1 is 1.06 bits per heavy atom. The van der Waals surface area contributed by atoms with Crippen molar-refractivity contribution < 1.29 is 52.6 Å². The summed E-state index contributed by atoms with van der Waals surface area (Å²) in [6.45, 7) is 4.77. The van der Waals surface area contributed by atoms with Crippen molar-refractivity contribution in [2.45, 2.75) is 81.2 Å². The number of hydrogen-bond donors (Lipinski definition) is 6. The largest absolute Gasteiger partial charge is 0.507 e. The highest BCUT2D eigenvalue weighted by atomic mass is 35.5. The number of aromatic hydroxyl groups is 2. The third kappa shape index (κ3) is 6.23. The Kier molecular flexibility index (Phi) is 10.1. The van der Waals surface area contributed by atoms with Crippen LogP contribution < -0.4 is 15.3 Å². The van der Waals surface area contributed by atoms with Crippen molar-refractivity contribution in [1.82, 2.24) is 4.83 Å². The number of nitrogens with zero attached hydrogens (tertiary/aromatic N) is 1. The zero-order chi connectivity index (χ0) is 35.6. The number of benzene rings is 3. The number of fused-ring (bicyclic) bond motifs is 3. The van der Waals surface area contributed by atoms with E-state index in [1.807, 2.05) is 0 Å². The number of halogens is 1. The van der Waals surface area contributed by atoms with E-state index in [-0.39, 0.29) is 63.9 Å². The third-order valence-corrected chi connectivity index (χ3v) is 10.7. The molecule has 268 valence electrons. The fourth-order valence-corrected chi connectivity index (χ4v) is 7.53. The van der Waals surface area contributed by atoms with Gasteiger partial charge in [-0.1, -0.05) is 29.8 Å². The van der Waals surface area contributed by atoms with Crippen LogP contribution in [0.25, 0.3) is 0 Å². The van der Waals surface area contributed by atoms with Crippen LogP contribution in [-0.4, -0.2) is 83.4 Å². The van der Waals surface area contributed by atoms with Crippen LogP contribution in [0.4, 0.5) is 0 Å². The quantitative estimate of drug-likeness (QED) is 0.0916. The van der Waals surface area contributed by atoms with Crippen LogP contribution >= 0.6 is 12.4 Å². The van der Waals surface area contributed by atoms with E-state index in [4.69, 9.17) is 19.9 Å². The minimum atomic E-state index is -4.15. The number of ketones is 2. The number of nitrogens with two attached hydrogens (primary N) is 1. The fraction of sp³-hybridized carbons (Fsp3) is 0.382. The minimum Gasteiger partial charge on any atom is -0.507 e. The molecule has 1 aliphatic heterocycles. The number of hydrazone groups is 1. The molecule has 3 aromatic carbocycles. The van der Waals surface area contributed by atoms with E-state index >= 15 is 0 Å². The molecule has 0 aromatic heterocycles. The second kappa shape index (κ2) is 13.6. The summed E-state index contributed by atoms with van der Waals surface area (Å²) < 4.78 is 43.4. The van der Waals surface area contributed by atoms with Crippen molar-refractivity contribution >= 4 is 39.7 Å². The Morgan fingerprint density at radius 3 is 2.36 bits per heavy atom. The SMILES string of the molecule is COc1cccc2c1C(=O)c1c(O)c3c(c(O)c1C2=O)CC(O)(/C(C)=N/NS(=O)(=O)c1ccc(C)cc1)CC3OC1CC(N)C(O)C(C)O1.Cl. The summed E-state index contributed by atoms with van der Waals surface area (Å²) in [6.07, 6.45) is -4.92. The van der Waals surface area contributed by atoms with Crippen LogP contribution in [0.1, 0.15) is 81.3 Å². The lowest BCUT2D eigenvalue weighted by molar-refractivity contribution is -0.245. The zero-order valence-corrected chi connectivity index (χ0v) is 29.2. The maximum Gasteiger partial charge on any atom is 0.276 e. The first kappa shape index (κ1) is 37.2. The summed E-state index contributed by atoms with van der Waals surface area (Å²) in [7, 11) is -2.82. The minimum absolute atomic E-state index is 0. The Bertz CT molecular complexity index is 1990. The number of hydrogen-bond acceptors (Lipinski definition) is 13. The Hall–Kier alpha value is -4.09. The number of aliphatic hydroxyl groups is 2. The molecule has 0 bridgehead atoms. The average molecular weight is 732 g/mol. The van der Waals surface area contributed by atoms with E-state index in [9.17, 15) is 38.4 Å². The molecule has 0 amide bonds. The maximum atomic E-state index is 13.9. The average Bonchev–Trinajstić information content (AvgIpc) is 3.06. The molecule has 7 N–H and O–H groups in total. The standard InChI is InChI=1S/C34H37N3O11S.ClH/c1-15-8-10-18(11-9-15)49(44,45)37-36-17(3)34(43)13-20-26(23(14-34)48-24-12-21(35)29(38)16(2)47-24)33(42)28-27(31(20)40)30(39)19-6-5-7-22(46-4)25(19)32(28)41;/h5-11,16,21,23-24,29,37-38,40,42-43H,12-14,35H2,1-4H3;1H/b36-17+;. The second-order valence-corrected chi connectivity index (χ2v) is 14.3. The summed E-state index contributed by atoms with van der Waals surface area (Å²) in [6, 6.07) is 9.70. The third-order valence-electron chi connectivity index (χ3n) is 9.48. The molecule has 6 rings (SSSR count). The van der Waals surface area contributed by atoms with Crippen molar-refractivity contribution in [2.75, 3.05) is 7.11 Å². The summed E-state index contributed by atoms with van der Waals surface area (Å²) >= 11 is 0. The van der Waals surface area contributed by atoms with Crippen molar-refractivity contribution in [1.29, 1.82) is 0 Å². The van der Waals surface area contributed by atoms with Gasteiger partial charge in [0.1, 0.15) is 22.8 Å². The highest BCUT2D eigenvalue weighted by Gasteiger charge is 2.49. The molecule has 50 heavy (non-hydrogen) atoms. The highest BCUT2D eigenvalue weighted by molar-refractivity contribution is 7.89. The number of rotatable bonds is 7. The first-order valence-electron chi connectivity index (χ1n) is 15.5. The lowest BCUT2D eigenvalue weighted by atomic mass is 9.72. The van der Waals surface area contributed by atoms with Crippen molar-refractivity contribution in [3.63, 3.8) is 0 Å². The summed E-state index contributed by atoms with van der Waals surface area (Å²) in [4.78, 5) is 29.8. The van der Waals surface area contributed by atoms with E-state index in [1.54, 1.807) is 26.0 Å². The van der Waals surface area contributed by atoms with Crippen LogP contribution in [0.5, 0.6) is 17.2 Å². The van der Waals surface area contributed by atoms with Gasteiger partial charge < -0.3 is 40.4 Å². The Balaban J connectivity index is 0.00000486. The number of ether oxygens (including phenoxy) is 3. The van der Waals surface area contributed by atoms with Gasteiger partial charge in [-0.15, -0.1) is 12.4 Å². The molecule has 0 saturated carbocycles. The van der Waals surface area contributed by atoms with E-state index in [2.05, 4.69) is 9.93 Å². The van der Waals surface area contributed by atoms with Crippen LogP contribution in [0.3, 0.4) is 0 Å².